The van der Waals surface area contributed by atoms with Crippen molar-refractivity contribution in [2.75, 3.05) is 26.2 Å². The van der Waals surface area contributed by atoms with Gasteiger partial charge in [0.25, 0.3) is 0 Å². The number of benzene rings is 2. The van der Waals surface area contributed by atoms with Crippen LogP contribution in [0.5, 0.6) is 0 Å². The quantitative estimate of drug-likeness (QED) is 0.817. The van der Waals surface area contributed by atoms with E-state index in [9.17, 15) is 8.42 Å². The van der Waals surface area contributed by atoms with Gasteiger partial charge >= 0.3 is 0 Å². The molecule has 1 aliphatic rings. The van der Waals surface area contributed by atoms with E-state index in [1.54, 1.807) is 28.6 Å². The van der Waals surface area contributed by atoms with E-state index in [0.29, 0.717) is 29.0 Å². The van der Waals surface area contributed by atoms with E-state index in [2.05, 4.69) is 31.2 Å². The van der Waals surface area contributed by atoms with E-state index >= 15 is 0 Å². The number of quaternary nitrogens is 1. The molecule has 26 heavy (non-hydrogen) atoms. The largest absolute Gasteiger partial charge is 0.331 e. The Morgan fingerprint density at radius 1 is 1.04 bits per heavy atom. The summed E-state index contributed by atoms with van der Waals surface area (Å²) in [5, 5.41) is 0.547. The summed E-state index contributed by atoms with van der Waals surface area (Å²) < 4.78 is 27.1. The molecule has 2 aromatic carbocycles. The minimum Gasteiger partial charge on any atom is -0.331 e. The monoisotopic (exact) mass is 393 g/mol. The number of halogens is 1. The SMILES string of the molecule is C[C@@H](CCc1ccccc1)[NH+]1CCN(S(=O)(=O)c2ccc(Cl)cc2)CC1. The molecule has 1 heterocycles. The Labute approximate surface area is 161 Å². The van der Waals surface area contributed by atoms with Crippen LogP contribution in [-0.4, -0.2) is 44.9 Å². The molecule has 0 unspecified atom stereocenters. The molecule has 1 atom stereocenters. The van der Waals surface area contributed by atoms with Crippen LogP contribution in [0.3, 0.4) is 0 Å². The van der Waals surface area contributed by atoms with Crippen LogP contribution in [0.2, 0.25) is 5.02 Å². The van der Waals surface area contributed by atoms with Gasteiger partial charge in [-0.2, -0.15) is 4.31 Å². The summed E-state index contributed by atoms with van der Waals surface area (Å²) in [5.41, 5.74) is 1.36. The van der Waals surface area contributed by atoms with E-state index < -0.39 is 10.0 Å². The number of rotatable bonds is 6. The van der Waals surface area contributed by atoms with Gasteiger partial charge in [-0.05, 0) is 43.2 Å². The summed E-state index contributed by atoms with van der Waals surface area (Å²) in [6, 6.07) is 17.5. The molecule has 0 saturated carbocycles. The maximum atomic E-state index is 12.8. The van der Waals surface area contributed by atoms with Crippen LogP contribution >= 0.6 is 11.6 Å². The highest BCUT2D eigenvalue weighted by Gasteiger charge is 2.32. The molecule has 0 amide bonds. The van der Waals surface area contributed by atoms with Gasteiger partial charge in [0.2, 0.25) is 10.0 Å². The highest BCUT2D eigenvalue weighted by atomic mass is 35.5. The molecule has 0 radical (unpaired) electrons. The molecule has 0 aromatic heterocycles. The lowest BCUT2D eigenvalue weighted by Gasteiger charge is -2.34. The Kier molecular flexibility index (Phi) is 6.35. The lowest BCUT2D eigenvalue weighted by molar-refractivity contribution is -0.927. The first kappa shape index (κ1) is 19.4. The van der Waals surface area contributed by atoms with Gasteiger partial charge in [-0.3, -0.25) is 0 Å². The number of aryl methyl sites for hydroxylation is 1. The van der Waals surface area contributed by atoms with Gasteiger partial charge in [-0.15, -0.1) is 0 Å². The van der Waals surface area contributed by atoms with Crippen molar-refractivity contribution in [3.63, 3.8) is 0 Å². The number of nitrogens with zero attached hydrogens (tertiary/aromatic N) is 1. The standard InChI is InChI=1S/C20H25ClN2O2S/c1-17(7-8-18-5-3-2-4-6-18)22-13-15-23(16-14-22)26(24,25)20-11-9-19(21)10-12-20/h2-6,9-12,17H,7-8,13-16H2,1H3/p+1/t17-/m0/s1. The highest BCUT2D eigenvalue weighted by molar-refractivity contribution is 7.89. The average molecular weight is 394 g/mol. The van der Waals surface area contributed by atoms with Gasteiger partial charge < -0.3 is 4.90 Å². The Bertz CT molecular complexity index is 801. The molecule has 1 saturated heterocycles. The smallest absolute Gasteiger partial charge is 0.243 e. The molecule has 0 bridgehead atoms. The molecule has 0 spiro atoms. The fourth-order valence-corrected chi connectivity index (χ4v) is 5.06. The summed E-state index contributed by atoms with van der Waals surface area (Å²) in [6.07, 6.45) is 2.18. The van der Waals surface area contributed by atoms with Gasteiger partial charge in [0.15, 0.2) is 0 Å². The lowest BCUT2D eigenvalue weighted by Crippen LogP contribution is -3.18. The normalized spacial score (nSPS) is 17.9. The van der Waals surface area contributed by atoms with E-state index in [0.717, 1.165) is 25.9 Å². The number of sulfonamides is 1. The van der Waals surface area contributed by atoms with E-state index in [1.807, 2.05) is 6.07 Å². The molecule has 6 heteroatoms. The van der Waals surface area contributed by atoms with Gasteiger partial charge in [0.1, 0.15) is 0 Å². The van der Waals surface area contributed by atoms with Crippen molar-refractivity contribution in [3.8, 4) is 0 Å². The zero-order chi connectivity index (χ0) is 18.6. The van der Waals surface area contributed by atoms with Crippen molar-refractivity contribution >= 4 is 21.6 Å². The Hall–Kier alpha value is -1.40. The van der Waals surface area contributed by atoms with Crippen LogP contribution in [0.1, 0.15) is 18.9 Å². The van der Waals surface area contributed by atoms with Crippen LogP contribution in [0.4, 0.5) is 0 Å². The topological polar surface area (TPSA) is 41.8 Å². The van der Waals surface area contributed by atoms with Gasteiger partial charge in [-0.1, -0.05) is 41.9 Å². The van der Waals surface area contributed by atoms with Crippen molar-refractivity contribution in [1.29, 1.82) is 0 Å². The fraction of sp³-hybridized carbons (Fsp3) is 0.400. The molecular weight excluding hydrogens is 368 g/mol. The molecular formula is C20H26ClN2O2S+. The molecule has 3 rings (SSSR count). The van der Waals surface area contributed by atoms with E-state index in [1.165, 1.54) is 10.5 Å². The van der Waals surface area contributed by atoms with E-state index in [4.69, 9.17) is 11.6 Å². The Balaban J connectivity index is 1.54. The van der Waals surface area contributed by atoms with Crippen molar-refractivity contribution in [2.24, 2.45) is 0 Å². The molecule has 1 aliphatic heterocycles. The molecule has 4 nitrogen and oxygen atoms in total. The zero-order valence-electron chi connectivity index (χ0n) is 15.1. The maximum Gasteiger partial charge on any atom is 0.243 e. The Morgan fingerprint density at radius 3 is 2.27 bits per heavy atom. The van der Waals surface area contributed by atoms with Crippen LogP contribution < -0.4 is 4.90 Å². The lowest BCUT2D eigenvalue weighted by atomic mass is 10.0. The summed E-state index contributed by atoms with van der Waals surface area (Å²) in [7, 11) is -3.42. The van der Waals surface area contributed by atoms with Crippen molar-refractivity contribution < 1.29 is 13.3 Å². The van der Waals surface area contributed by atoms with Gasteiger partial charge in [-0.25, -0.2) is 8.42 Å². The summed E-state index contributed by atoms with van der Waals surface area (Å²) in [6.45, 7) is 5.10. The first-order valence-corrected chi connectivity index (χ1v) is 10.9. The average Bonchev–Trinajstić information content (AvgIpc) is 2.67. The van der Waals surface area contributed by atoms with Crippen LogP contribution in [0.15, 0.2) is 59.5 Å². The van der Waals surface area contributed by atoms with E-state index in [-0.39, 0.29) is 0 Å². The minimum atomic E-state index is -3.42. The second-order valence-corrected chi connectivity index (χ2v) is 9.32. The minimum absolute atomic E-state index is 0.322. The van der Waals surface area contributed by atoms with Crippen molar-refractivity contribution in [2.45, 2.75) is 30.7 Å². The van der Waals surface area contributed by atoms with Crippen LogP contribution in [0, 0.1) is 0 Å². The second-order valence-electron chi connectivity index (χ2n) is 6.94. The van der Waals surface area contributed by atoms with Crippen molar-refractivity contribution in [3.05, 3.63) is 65.2 Å². The highest BCUT2D eigenvalue weighted by Crippen LogP contribution is 2.18. The third kappa shape index (κ3) is 4.65. The molecule has 140 valence electrons. The predicted molar refractivity (Wildman–Crippen MR) is 105 cm³/mol. The van der Waals surface area contributed by atoms with Gasteiger partial charge in [0.05, 0.1) is 37.1 Å². The van der Waals surface area contributed by atoms with Crippen LogP contribution in [-0.2, 0) is 16.4 Å². The molecule has 2 aromatic rings. The Morgan fingerprint density at radius 2 is 1.65 bits per heavy atom. The first-order chi connectivity index (χ1) is 12.5. The number of hydrogen-bond donors (Lipinski definition) is 1. The molecule has 1 N–H and O–H groups in total. The number of hydrogen-bond acceptors (Lipinski definition) is 2. The van der Waals surface area contributed by atoms with Crippen molar-refractivity contribution in [1.82, 2.24) is 4.31 Å². The second kappa shape index (κ2) is 8.53. The first-order valence-electron chi connectivity index (χ1n) is 9.11. The number of nitrogens with one attached hydrogen (secondary N) is 1. The van der Waals surface area contributed by atoms with Crippen LogP contribution in [0.25, 0.3) is 0 Å². The number of piperazine rings is 1. The predicted octanol–water partition coefficient (Wildman–Crippen LogP) is 2.25. The molecule has 1 fully saturated rings. The summed E-state index contributed by atoms with van der Waals surface area (Å²) in [5.74, 6) is 0. The third-order valence-electron chi connectivity index (χ3n) is 5.22. The zero-order valence-corrected chi connectivity index (χ0v) is 16.6. The summed E-state index contributed by atoms with van der Waals surface area (Å²) in [4.78, 5) is 1.81. The molecule has 0 aliphatic carbocycles. The summed E-state index contributed by atoms with van der Waals surface area (Å²) >= 11 is 5.86. The van der Waals surface area contributed by atoms with Gasteiger partial charge in [0, 0.05) is 11.4 Å². The maximum absolute atomic E-state index is 12.8. The third-order valence-corrected chi connectivity index (χ3v) is 7.39. The fourth-order valence-electron chi connectivity index (χ4n) is 3.49.